The number of hydrogen-bond donors (Lipinski definition) is 0. The number of hydrogen-bond acceptors (Lipinski definition) is 5. The quantitative estimate of drug-likeness (QED) is 0.592. The Balaban J connectivity index is 1.60. The van der Waals surface area contributed by atoms with Crippen LogP contribution in [-0.4, -0.2) is 30.0 Å². The molecule has 31 heavy (non-hydrogen) atoms. The van der Waals surface area contributed by atoms with E-state index in [1.807, 2.05) is 37.3 Å². The molecule has 0 radical (unpaired) electrons. The summed E-state index contributed by atoms with van der Waals surface area (Å²) in [7, 11) is 0. The first kappa shape index (κ1) is 20.7. The van der Waals surface area contributed by atoms with Crippen LogP contribution in [-0.2, 0) is 4.79 Å². The lowest BCUT2D eigenvalue weighted by Gasteiger charge is -2.31. The van der Waals surface area contributed by atoms with Gasteiger partial charge in [0, 0.05) is 36.2 Å². The smallest absolute Gasteiger partial charge is 0.336 e. The van der Waals surface area contributed by atoms with Crippen LogP contribution in [0.15, 0.2) is 57.7 Å². The van der Waals surface area contributed by atoms with Gasteiger partial charge in [-0.25, -0.2) is 4.79 Å². The second-order valence-electron chi connectivity index (χ2n) is 7.96. The SMILES string of the molecule is Cc1ccccc1-c1cc(=O)oc2cc(OC(C)C(=O)N3CCC[C@H](C#N)C3)ccc12. The van der Waals surface area contributed by atoms with E-state index in [0.717, 1.165) is 34.9 Å². The van der Waals surface area contributed by atoms with Gasteiger partial charge in [-0.1, -0.05) is 24.3 Å². The molecule has 2 atom stereocenters. The summed E-state index contributed by atoms with van der Waals surface area (Å²) < 4.78 is 11.3. The van der Waals surface area contributed by atoms with Crippen LogP contribution in [0, 0.1) is 24.2 Å². The zero-order chi connectivity index (χ0) is 22.0. The van der Waals surface area contributed by atoms with Gasteiger partial charge in [-0.2, -0.15) is 5.26 Å². The Morgan fingerprint density at radius 1 is 1.23 bits per heavy atom. The Labute approximate surface area is 180 Å². The minimum atomic E-state index is -0.707. The van der Waals surface area contributed by atoms with Crippen molar-refractivity contribution in [1.82, 2.24) is 4.90 Å². The van der Waals surface area contributed by atoms with Crippen molar-refractivity contribution >= 4 is 16.9 Å². The van der Waals surface area contributed by atoms with Gasteiger partial charge in [-0.3, -0.25) is 4.79 Å². The number of fused-ring (bicyclic) bond motifs is 1. The highest BCUT2D eigenvalue weighted by atomic mass is 16.5. The summed E-state index contributed by atoms with van der Waals surface area (Å²) in [5.41, 5.74) is 2.80. The predicted molar refractivity (Wildman–Crippen MR) is 118 cm³/mol. The van der Waals surface area contributed by atoms with Crippen LogP contribution in [0.1, 0.15) is 25.3 Å². The first-order valence-corrected chi connectivity index (χ1v) is 10.4. The fourth-order valence-electron chi connectivity index (χ4n) is 4.11. The zero-order valence-electron chi connectivity index (χ0n) is 17.6. The van der Waals surface area contributed by atoms with Crippen LogP contribution in [0.4, 0.5) is 0 Å². The lowest BCUT2D eigenvalue weighted by Crippen LogP contribution is -2.45. The monoisotopic (exact) mass is 416 g/mol. The van der Waals surface area contributed by atoms with Crippen LogP contribution in [0.5, 0.6) is 5.75 Å². The summed E-state index contributed by atoms with van der Waals surface area (Å²) in [6, 6.07) is 16.9. The van der Waals surface area contributed by atoms with Crippen molar-refractivity contribution in [3.63, 3.8) is 0 Å². The maximum atomic E-state index is 12.8. The lowest BCUT2D eigenvalue weighted by molar-refractivity contribution is -0.139. The van der Waals surface area contributed by atoms with E-state index >= 15 is 0 Å². The van der Waals surface area contributed by atoms with E-state index in [2.05, 4.69) is 6.07 Å². The highest BCUT2D eigenvalue weighted by molar-refractivity contribution is 5.94. The number of ether oxygens (including phenoxy) is 1. The van der Waals surface area contributed by atoms with Crippen LogP contribution >= 0.6 is 0 Å². The van der Waals surface area contributed by atoms with E-state index in [-0.39, 0.29) is 11.8 Å². The zero-order valence-corrected chi connectivity index (χ0v) is 17.6. The van der Waals surface area contributed by atoms with E-state index in [1.54, 1.807) is 24.0 Å². The number of likely N-dealkylation sites (tertiary alicyclic amines) is 1. The number of carbonyl (C=O) groups is 1. The number of carbonyl (C=O) groups excluding carboxylic acids is 1. The van der Waals surface area contributed by atoms with Gasteiger partial charge >= 0.3 is 5.63 Å². The summed E-state index contributed by atoms with van der Waals surface area (Å²) >= 11 is 0. The molecule has 1 fully saturated rings. The maximum Gasteiger partial charge on any atom is 0.336 e. The molecule has 0 bridgehead atoms. The number of piperidine rings is 1. The average molecular weight is 416 g/mol. The normalized spacial score (nSPS) is 17.2. The van der Waals surface area contributed by atoms with Crippen molar-refractivity contribution in [2.45, 2.75) is 32.8 Å². The summed E-state index contributed by atoms with van der Waals surface area (Å²) in [6.45, 7) is 4.77. The standard InChI is InChI=1S/C25H24N2O4/c1-16-6-3-4-8-20(16)22-13-24(28)31-23-12-19(9-10-21(22)23)30-17(2)25(29)27-11-5-7-18(14-26)15-27/h3-4,6,8-10,12-13,17-18H,5,7,11,15H2,1-2H3/t17?,18-/m1/s1. The van der Waals surface area contributed by atoms with Crippen molar-refractivity contribution in [3.8, 4) is 22.9 Å². The number of benzene rings is 2. The highest BCUT2D eigenvalue weighted by Gasteiger charge is 2.27. The third-order valence-electron chi connectivity index (χ3n) is 5.73. The Kier molecular flexibility index (Phi) is 5.77. The minimum absolute atomic E-state index is 0.125. The van der Waals surface area contributed by atoms with Gasteiger partial charge < -0.3 is 14.1 Å². The maximum absolute atomic E-state index is 12.8. The topological polar surface area (TPSA) is 83.5 Å². The summed E-state index contributed by atoms with van der Waals surface area (Å²) in [6.07, 6.45) is 0.934. The van der Waals surface area contributed by atoms with Crippen molar-refractivity contribution in [3.05, 3.63) is 64.5 Å². The second kappa shape index (κ2) is 8.65. The van der Waals surface area contributed by atoms with Crippen LogP contribution in [0.2, 0.25) is 0 Å². The first-order valence-electron chi connectivity index (χ1n) is 10.4. The predicted octanol–water partition coefficient (Wildman–Crippen LogP) is 4.30. The molecule has 1 aliphatic heterocycles. The highest BCUT2D eigenvalue weighted by Crippen LogP contribution is 2.31. The molecule has 2 aromatic carbocycles. The van der Waals surface area contributed by atoms with Gasteiger partial charge in [0.25, 0.3) is 5.91 Å². The van der Waals surface area contributed by atoms with Gasteiger partial charge in [0.05, 0.1) is 12.0 Å². The number of amides is 1. The van der Waals surface area contributed by atoms with Gasteiger partial charge in [-0.05, 0) is 49.9 Å². The fraction of sp³-hybridized carbons (Fsp3) is 0.320. The molecule has 3 aromatic rings. The molecular formula is C25H24N2O4. The van der Waals surface area contributed by atoms with Gasteiger partial charge in [-0.15, -0.1) is 0 Å². The molecule has 1 saturated heterocycles. The summed E-state index contributed by atoms with van der Waals surface area (Å²) in [5.74, 6) is 0.183. The van der Waals surface area contributed by atoms with Crippen molar-refractivity contribution in [2.75, 3.05) is 13.1 Å². The largest absolute Gasteiger partial charge is 0.481 e. The van der Waals surface area contributed by atoms with Gasteiger partial charge in [0.15, 0.2) is 6.10 Å². The van der Waals surface area contributed by atoms with Gasteiger partial charge in [0.1, 0.15) is 11.3 Å². The van der Waals surface area contributed by atoms with E-state index in [9.17, 15) is 9.59 Å². The Morgan fingerprint density at radius 3 is 2.81 bits per heavy atom. The first-order chi connectivity index (χ1) is 15.0. The number of rotatable bonds is 4. The molecule has 2 heterocycles. The van der Waals surface area contributed by atoms with Crippen molar-refractivity contribution < 1.29 is 13.9 Å². The fourth-order valence-corrected chi connectivity index (χ4v) is 4.11. The Hall–Kier alpha value is -3.59. The molecule has 0 spiro atoms. The number of nitrogens with zero attached hydrogens (tertiary/aromatic N) is 2. The Bertz CT molecular complexity index is 1220. The second-order valence-corrected chi connectivity index (χ2v) is 7.96. The van der Waals surface area contributed by atoms with E-state index < -0.39 is 11.7 Å². The third kappa shape index (κ3) is 4.31. The molecule has 6 nitrogen and oxygen atoms in total. The van der Waals surface area contributed by atoms with Crippen LogP contribution in [0.3, 0.4) is 0 Å². The van der Waals surface area contributed by atoms with E-state index in [4.69, 9.17) is 14.4 Å². The molecule has 1 aromatic heterocycles. The lowest BCUT2D eigenvalue weighted by atomic mass is 9.98. The van der Waals surface area contributed by atoms with E-state index in [1.165, 1.54) is 6.07 Å². The number of nitriles is 1. The molecule has 1 unspecified atom stereocenters. The Morgan fingerprint density at radius 2 is 2.03 bits per heavy atom. The molecule has 0 N–H and O–H groups in total. The van der Waals surface area contributed by atoms with Gasteiger partial charge in [0.2, 0.25) is 0 Å². The molecule has 1 amide bonds. The third-order valence-corrected chi connectivity index (χ3v) is 5.73. The molecule has 0 saturated carbocycles. The molecule has 1 aliphatic rings. The van der Waals surface area contributed by atoms with Crippen molar-refractivity contribution in [2.24, 2.45) is 5.92 Å². The van der Waals surface area contributed by atoms with Crippen molar-refractivity contribution in [1.29, 1.82) is 5.26 Å². The summed E-state index contributed by atoms with van der Waals surface area (Å²) in [5, 5.41) is 9.95. The molecule has 0 aliphatic carbocycles. The van der Waals surface area contributed by atoms with Crippen LogP contribution in [0.25, 0.3) is 22.1 Å². The summed E-state index contributed by atoms with van der Waals surface area (Å²) in [4.78, 5) is 26.7. The van der Waals surface area contributed by atoms with E-state index in [0.29, 0.717) is 24.4 Å². The molecule has 158 valence electrons. The number of aryl methyl sites for hydroxylation is 1. The molecule has 6 heteroatoms. The minimum Gasteiger partial charge on any atom is -0.481 e. The average Bonchev–Trinajstić information content (AvgIpc) is 2.78. The molecule has 4 rings (SSSR count). The van der Waals surface area contributed by atoms with Crippen LogP contribution < -0.4 is 10.4 Å². The molecular weight excluding hydrogens is 392 g/mol.